The Kier molecular flexibility index (Phi) is 5.14. The normalized spacial score (nSPS) is 13.9. The zero-order valence-electron chi connectivity index (χ0n) is 12.8. The summed E-state index contributed by atoms with van der Waals surface area (Å²) in [5, 5.41) is 12.9. The predicted octanol–water partition coefficient (Wildman–Crippen LogP) is 3.22. The zero-order valence-corrected chi connectivity index (χ0v) is 12.8. The summed E-state index contributed by atoms with van der Waals surface area (Å²) in [4.78, 5) is 11.5. The number of aliphatic hydroxyl groups is 1. The summed E-state index contributed by atoms with van der Waals surface area (Å²) in [6.07, 6.45) is -5.20. The lowest BCUT2D eigenvalue weighted by molar-refractivity contribution is -0.266. The van der Waals surface area contributed by atoms with E-state index in [9.17, 15) is 23.1 Å². The minimum absolute atomic E-state index is 0.487. The second-order valence-corrected chi connectivity index (χ2v) is 5.12. The van der Waals surface area contributed by atoms with Crippen molar-refractivity contribution in [2.45, 2.75) is 18.3 Å². The number of hydrogen-bond donors (Lipinski definition) is 2. The van der Waals surface area contributed by atoms with Crippen LogP contribution in [0.4, 0.5) is 18.9 Å². The van der Waals surface area contributed by atoms with E-state index in [-0.39, 0.29) is 0 Å². The van der Waals surface area contributed by atoms with Gasteiger partial charge in [-0.05, 0) is 17.7 Å². The molecule has 2 aromatic carbocycles. The second kappa shape index (κ2) is 6.92. The van der Waals surface area contributed by atoms with Gasteiger partial charge < -0.3 is 15.2 Å². The highest BCUT2D eigenvalue weighted by molar-refractivity contribution is 5.82. The van der Waals surface area contributed by atoms with Gasteiger partial charge in [-0.15, -0.1) is 0 Å². The predicted molar refractivity (Wildman–Crippen MR) is 82.2 cm³/mol. The van der Waals surface area contributed by atoms with Crippen molar-refractivity contribution in [1.29, 1.82) is 0 Å². The highest BCUT2D eigenvalue weighted by Crippen LogP contribution is 2.40. The zero-order chi connectivity index (χ0) is 17.8. The van der Waals surface area contributed by atoms with Gasteiger partial charge in [-0.3, -0.25) is 0 Å². The molecule has 0 bridgehead atoms. The molecule has 24 heavy (non-hydrogen) atoms. The first kappa shape index (κ1) is 17.8. The molecule has 0 saturated heterocycles. The number of carbonyl (C=O) groups is 1. The maximum atomic E-state index is 13.1. The first-order valence-corrected chi connectivity index (χ1v) is 7.05. The summed E-state index contributed by atoms with van der Waals surface area (Å²) in [6.45, 7) is 0.487. The Morgan fingerprint density at radius 1 is 1.08 bits per heavy atom. The van der Waals surface area contributed by atoms with Crippen LogP contribution in [0.1, 0.15) is 11.1 Å². The lowest BCUT2D eigenvalue weighted by Gasteiger charge is -2.28. The number of rotatable bonds is 5. The maximum absolute atomic E-state index is 13.1. The molecule has 0 aliphatic carbocycles. The fraction of sp³-hybridized carbons (Fsp3) is 0.235. The molecular weight excluding hydrogens is 323 g/mol. The number of methoxy groups -OCH3 is 1. The van der Waals surface area contributed by atoms with Crippen LogP contribution in [-0.2, 0) is 21.7 Å². The minimum atomic E-state index is -5.20. The lowest BCUT2D eigenvalue weighted by Crippen LogP contribution is -2.49. The molecule has 0 amide bonds. The average Bonchev–Trinajstić information content (AvgIpc) is 2.59. The van der Waals surface area contributed by atoms with Crippen LogP contribution in [0.5, 0.6) is 0 Å². The van der Waals surface area contributed by atoms with E-state index < -0.39 is 23.3 Å². The summed E-state index contributed by atoms with van der Waals surface area (Å²) in [6, 6.07) is 14.2. The van der Waals surface area contributed by atoms with Gasteiger partial charge in [-0.25, -0.2) is 4.79 Å². The van der Waals surface area contributed by atoms with Crippen molar-refractivity contribution in [3.63, 3.8) is 0 Å². The largest absolute Gasteiger partial charge is 0.466 e. The van der Waals surface area contributed by atoms with Gasteiger partial charge >= 0.3 is 12.1 Å². The van der Waals surface area contributed by atoms with Crippen LogP contribution in [0.3, 0.4) is 0 Å². The number of nitrogens with one attached hydrogen (secondary N) is 1. The number of hydrogen-bond acceptors (Lipinski definition) is 4. The Morgan fingerprint density at radius 3 is 2.17 bits per heavy atom. The van der Waals surface area contributed by atoms with E-state index in [0.717, 1.165) is 24.8 Å². The van der Waals surface area contributed by atoms with Crippen LogP contribution in [-0.4, -0.2) is 24.4 Å². The van der Waals surface area contributed by atoms with Crippen LogP contribution in [0, 0.1) is 0 Å². The summed E-state index contributed by atoms with van der Waals surface area (Å²) >= 11 is 0. The van der Waals surface area contributed by atoms with Gasteiger partial charge in [0.2, 0.25) is 0 Å². The third-order valence-corrected chi connectivity index (χ3v) is 3.53. The van der Waals surface area contributed by atoms with Crippen LogP contribution in [0.15, 0.2) is 54.6 Å². The highest BCUT2D eigenvalue weighted by Gasteiger charge is 2.62. The molecule has 0 aliphatic rings. The molecule has 128 valence electrons. The molecule has 0 spiro atoms. The molecule has 2 aromatic rings. The molecule has 0 heterocycles. The molecule has 2 rings (SSSR count). The molecule has 0 aromatic heterocycles. The van der Waals surface area contributed by atoms with E-state index in [1.807, 2.05) is 30.3 Å². The number of alkyl halides is 3. The number of halogens is 3. The van der Waals surface area contributed by atoms with E-state index in [2.05, 4.69) is 10.1 Å². The van der Waals surface area contributed by atoms with Crippen molar-refractivity contribution in [1.82, 2.24) is 0 Å². The van der Waals surface area contributed by atoms with Gasteiger partial charge in [0, 0.05) is 17.8 Å². The lowest BCUT2D eigenvalue weighted by atomic mass is 9.93. The van der Waals surface area contributed by atoms with Crippen LogP contribution in [0.25, 0.3) is 0 Å². The van der Waals surface area contributed by atoms with Crippen molar-refractivity contribution in [3.05, 3.63) is 65.7 Å². The van der Waals surface area contributed by atoms with E-state index in [0.29, 0.717) is 12.2 Å². The van der Waals surface area contributed by atoms with Gasteiger partial charge in [0.15, 0.2) is 0 Å². The Balaban J connectivity index is 2.19. The van der Waals surface area contributed by atoms with Gasteiger partial charge in [0.05, 0.1) is 7.11 Å². The van der Waals surface area contributed by atoms with Crippen molar-refractivity contribution in [2.24, 2.45) is 0 Å². The first-order chi connectivity index (χ1) is 11.3. The molecule has 0 aliphatic heterocycles. The maximum Gasteiger partial charge on any atom is 0.432 e. The Hall–Kier alpha value is -2.54. The Labute approximate surface area is 136 Å². The summed E-state index contributed by atoms with van der Waals surface area (Å²) in [7, 11) is 0.787. The number of benzene rings is 2. The average molecular weight is 339 g/mol. The minimum Gasteiger partial charge on any atom is -0.466 e. The van der Waals surface area contributed by atoms with Gasteiger partial charge in [-0.1, -0.05) is 42.5 Å². The molecule has 0 saturated carbocycles. The second-order valence-electron chi connectivity index (χ2n) is 5.12. The van der Waals surface area contributed by atoms with Gasteiger partial charge in [0.25, 0.3) is 5.60 Å². The summed E-state index contributed by atoms with van der Waals surface area (Å²) < 4.78 is 43.5. The standard InChI is InChI=1S/C17H16F3NO3/c1-24-15(22)16(23,17(18,19)20)13-7-9-14(10-8-13)21-11-12-5-3-2-4-6-12/h2-10,21,23H,11H2,1H3/t16-/m1/s1. The molecule has 1 atom stereocenters. The number of anilines is 1. The van der Waals surface area contributed by atoms with E-state index in [4.69, 9.17) is 0 Å². The quantitative estimate of drug-likeness (QED) is 0.821. The van der Waals surface area contributed by atoms with Crippen molar-refractivity contribution < 1.29 is 27.8 Å². The highest BCUT2D eigenvalue weighted by atomic mass is 19.4. The third kappa shape index (κ3) is 3.51. The van der Waals surface area contributed by atoms with Gasteiger partial charge in [0.1, 0.15) is 0 Å². The molecule has 7 heteroatoms. The summed E-state index contributed by atoms with van der Waals surface area (Å²) in [5.41, 5.74) is -2.74. The van der Waals surface area contributed by atoms with Crippen molar-refractivity contribution in [2.75, 3.05) is 12.4 Å². The van der Waals surface area contributed by atoms with Crippen molar-refractivity contribution >= 4 is 11.7 Å². The third-order valence-electron chi connectivity index (χ3n) is 3.53. The van der Waals surface area contributed by atoms with Gasteiger partial charge in [-0.2, -0.15) is 13.2 Å². The molecule has 0 unspecified atom stereocenters. The van der Waals surface area contributed by atoms with Crippen LogP contribution >= 0.6 is 0 Å². The fourth-order valence-corrected chi connectivity index (χ4v) is 2.17. The van der Waals surface area contributed by atoms with E-state index in [1.54, 1.807) is 0 Å². The molecule has 2 N–H and O–H groups in total. The molecule has 0 fully saturated rings. The Bertz CT molecular complexity index is 686. The first-order valence-electron chi connectivity index (χ1n) is 7.05. The Morgan fingerprint density at radius 2 is 1.67 bits per heavy atom. The van der Waals surface area contributed by atoms with Crippen LogP contribution < -0.4 is 5.32 Å². The summed E-state index contributed by atoms with van der Waals surface area (Å²) in [5.74, 6) is -1.78. The van der Waals surface area contributed by atoms with E-state index in [1.165, 1.54) is 12.1 Å². The topological polar surface area (TPSA) is 58.6 Å². The SMILES string of the molecule is COC(=O)[C@](O)(c1ccc(NCc2ccccc2)cc1)C(F)(F)F. The van der Waals surface area contributed by atoms with Crippen molar-refractivity contribution in [3.8, 4) is 0 Å². The monoisotopic (exact) mass is 339 g/mol. The van der Waals surface area contributed by atoms with E-state index >= 15 is 0 Å². The smallest absolute Gasteiger partial charge is 0.432 e. The number of carbonyl (C=O) groups excluding carboxylic acids is 1. The number of esters is 1. The number of ether oxygens (including phenoxy) is 1. The molecule has 0 radical (unpaired) electrons. The fourth-order valence-electron chi connectivity index (χ4n) is 2.17. The van der Waals surface area contributed by atoms with Crippen LogP contribution in [0.2, 0.25) is 0 Å². The molecular formula is C17H16F3NO3. The molecule has 4 nitrogen and oxygen atoms in total.